The molecule has 0 aliphatic heterocycles. The van der Waals surface area contributed by atoms with Crippen molar-refractivity contribution in [3.63, 3.8) is 0 Å². The Morgan fingerprint density at radius 2 is 1.76 bits per heavy atom. The topological polar surface area (TPSA) is 51.3 Å². The van der Waals surface area contributed by atoms with Crippen LogP contribution in [0.2, 0.25) is 0 Å². The summed E-state index contributed by atoms with van der Waals surface area (Å²) in [5.74, 6) is 0.756. The van der Waals surface area contributed by atoms with Crippen molar-refractivity contribution < 1.29 is 14.3 Å². The van der Waals surface area contributed by atoms with E-state index in [2.05, 4.69) is 11.6 Å². The number of aromatic nitrogens is 1. The molecule has 29 heavy (non-hydrogen) atoms. The first-order chi connectivity index (χ1) is 14.1. The van der Waals surface area contributed by atoms with Gasteiger partial charge in [-0.2, -0.15) is 0 Å². The molecule has 2 aromatic carbocycles. The Morgan fingerprint density at radius 1 is 1.03 bits per heavy atom. The summed E-state index contributed by atoms with van der Waals surface area (Å²) in [6, 6.07) is 17.3. The molecule has 0 amide bonds. The highest BCUT2D eigenvalue weighted by Crippen LogP contribution is 2.34. The van der Waals surface area contributed by atoms with Crippen LogP contribution in [-0.4, -0.2) is 18.1 Å². The number of H-pyrrole nitrogens is 1. The van der Waals surface area contributed by atoms with E-state index >= 15 is 0 Å². The standard InChI is InChI=1S/C25H25NO3/c1-18(2)11-14-21-23(28-3)16-20(13-12-19-8-5-4-6-9-19)17-24(21)29-25(27)22-10-7-15-26-22/h4-10,12-13,15-17,26H,1,11,14H2,2-3H3. The predicted octanol–water partition coefficient (Wildman–Crippen LogP) is 5.92. The van der Waals surface area contributed by atoms with E-state index in [9.17, 15) is 4.79 Å². The third-order valence-corrected chi connectivity index (χ3v) is 4.50. The normalized spacial score (nSPS) is 10.8. The fourth-order valence-electron chi connectivity index (χ4n) is 2.96. The minimum absolute atomic E-state index is 0.403. The van der Waals surface area contributed by atoms with Crippen LogP contribution in [0.1, 0.15) is 40.5 Å². The number of hydrogen-bond acceptors (Lipinski definition) is 3. The van der Waals surface area contributed by atoms with E-state index in [0.29, 0.717) is 23.6 Å². The SMILES string of the molecule is C=C(C)CCc1c(OC)cc(C=Cc2ccccc2)cc1OC(=O)c1ccc[nH]1. The van der Waals surface area contributed by atoms with Crippen LogP contribution in [0, 0.1) is 0 Å². The molecular formula is C25H25NO3. The van der Waals surface area contributed by atoms with Gasteiger partial charge in [-0.1, -0.05) is 48.1 Å². The zero-order valence-electron chi connectivity index (χ0n) is 16.8. The maximum atomic E-state index is 12.5. The van der Waals surface area contributed by atoms with Gasteiger partial charge in [0, 0.05) is 11.8 Å². The molecule has 1 aromatic heterocycles. The quantitative estimate of drug-likeness (QED) is 0.226. The largest absolute Gasteiger partial charge is 0.496 e. The number of aromatic amines is 1. The molecule has 0 aliphatic carbocycles. The predicted molar refractivity (Wildman–Crippen MR) is 117 cm³/mol. The van der Waals surface area contributed by atoms with Gasteiger partial charge in [0.05, 0.1) is 7.11 Å². The fraction of sp³-hybridized carbons (Fsp3) is 0.160. The summed E-state index contributed by atoms with van der Waals surface area (Å²) in [5, 5.41) is 0. The van der Waals surface area contributed by atoms with E-state index in [1.54, 1.807) is 25.4 Å². The summed E-state index contributed by atoms with van der Waals surface area (Å²) in [7, 11) is 1.63. The second-order valence-corrected chi connectivity index (χ2v) is 6.87. The van der Waals surface area contributed by atoms with Gasteiger partial charge in [0.1, 0.15) is 17.2 Å². The van der Waals surface area contributed by atoms with Crippen molar-refractivity contribution in [1.29, 1.82) is 0 Å². The number of allylic oxidation sites excluding steroid dienone is 1. The monoisotopic (exact) mass is 387 g/mol. The molecule has 1 N–H and O–H groups in total. The van der Waals surface area contributed by atoms with Gasteiger partial charge in [0.25, 0.3) is 0 Å². The Bertz CT molecular complexity index is 1000. The molecule has 0 radical (unpaired) electrons. The molecule has 0 unspecified atom stereocenters. The van der Waals surface area contributed by atoms with E-state index in [1.807, 2.05) is 61.5 Å². The first-order valence-corrected chi connectivity index (χ1v) is 9.51. The van der Waals surface area contributed by atoms with E-state index in [1.165, 1.54) is 0 Å². The highest BCUT2D eigenvalue weighted by atomic mass is 16.5. The molecule has 1 heterocycles. The number of hydrogen-bond donors (Lipinski definition) is 1. The van der Waals surface area contributed by atoms with Gasteiger partial charge >= 0.3 is 5.97 Å². The van der Waals surface area contributed by atoms with Crippen molar-refractivity contribution in [3.05, 3.63) is 95.3 Å². The van der Waals surface area contributed by atoms with Crippen LogP contribution in [0.5, 0.6) is 11.5 Å². The van der Waals surface area contributed by atoms with Crippen molar-refractivity contribution in [1.82, 2.24) is 4.98 Å². The first kappa shape index (κ1) is 20.2. The Kier molecular flexibility index (Phi) is 6.69. The molecule has 148 valence electrons. The van der Waals surface area contributed by atoms with Gasteiger partial charge in [-0.05, 0) is 55.2 Å². The summed E-state index contributed by atoms with van der Waals surface area (Å²) in [5.41, 5.74) is 4.29. The summed E-state index contributed by atoms with van der Waals surface area (Å²) >= 11 is 0. The lowest BCUT2D eigenvalue weighted by molar-refractivity contribution is 0.0727. The zero-order valence-corrected chi connectivity index (χ0v) is 16.8. The van der Waals surface area contributed by atoms with Gasteiger partial charge in [0.2, 0.25) is 0 Å². The molecule has 0 aliphatic rings. The molecule has 3 aromatic rings. The molecule has 0 saturated carbocycles. The van der Waals surface area contributed by atoms with Crippen LogP contribution in [0.15, 0.2) is 72.9 Å². The number of nitrogens with one attached hydrogen (secondary N) is 1. The van der Waals surface area contributed by atoms with Crippen LogP contribution in [-0.2, 0) is 6.42 Å². The minimum atomic E-state index is -0.433. The van der Waals surface area contributed by atoms with E-state index in [-0.39, 0.29) is 0 Å². The van der Waals surface area contributed by atoms with Crippen molar-refractivity contribution in [2.45, 2.75) is 19.8 Å². The van der Waals surface area contributed by atoms with Crippen LogP contribution in [0.4, 0.5) is 0 Å². The Labute approximate surface area is 171 Å². The number of rotatable bonds is 8. The van der Waals surface area contributed by atoms with E-state index in [0.717, 1.165) is 28.7 Å². The van der Waals surface area contributed by atoms with Crippen LogP contribution >= 0.6 is 0 Å². The Balaban J connectivity index is 1.96. The molecule has 4 heteroatoms. The molecule has 0 fully saturated rings. The zero-order chi connectivity index (χ0) is 20.6. The minimum Gasteiger partial charge on any atom is -0.496 e. The third-order valence-electron chi connectivity index (χ3n) is 4.50. The van der Waals surface area contributed by atoms with E-state index in [4.69, 9.17) is 9.47 Å². The van der Waals surface area contributed by atoms with Gasteiger partial charge in [-0.3, -0.25) is 0 Å². The average Bonchev–Trinajstić information content (AvgIpc) is 3.26. The Morgan fingerprint density at radius 3 is 2.41 bits per heavy atom. The van der Waals surface area contributed by atoms with Gasteiger partial charge < -0.3 is 14.5 Å². The average molecular weight is 387 g/mol. The smallest absolute Gasteiger partial charge is 0.360 e. The number of benzene rings is 2. The lowest BCUT2D eigenvalue weighted by Gasteiger charge is -2.15. The first-order valence-electron chi connectivity index (χ1n) is 9.51. The van der Waals surface area contributed by atoms with Crippen molar-refractivity contribution >= 4 is 18.1 Å². The second-order valence-electron chi connectivity index (χ2n) is 6.87. The highest BCUT2D eigenvalue weighted by molar-refractivity contribution is 5.89. The molecule has 4 nitrogen and oxygen atoms in total. The number of ether oxygens (including phenoxy) is 2. The summed E-state index contributed by atoms with van der Waals surface area (Å²) in [4.78, 5) is 15.4. The summed E-state index contributed by atoms with van der Waals surface area (Å²) < 4.78 is 11.4. The Hall–Kier alpha value is -3.53. The number of esters is 1. The molecular weight excluding hydrogens is 362 g/mol. The maximum Gasteiger partial charge on any atom is 0.360 e. The molecule has 0 saturated heterocycles. The highest BCUT2D eigenvalue weighted by Gasteiger charge is 2.17. The molecule has 0 spiro atoms. The van der Waals surface area contributed by atoms with Crippen LogP contribution < -0.4 is 9.47 Å². The van der Waals surface area contributed by atoms with Gasteiger partial charge in [-0.25, -0.2) is 4.79 Å². The summed E-state index contributed by atoms with van der Waals surface area (Å²) in [6.45, 7) is 5.95. The van der Waals surface area contributed by atoms with Crippen molar-refractivity contribution in [2.24, 2.45) is 0 Å². The van der Waals surface area contributed by atoms with Crippen LogP contribution in [0.25, 0.3) is 12.2 Å². The fourth-order valence-corrected chi connectivity index (χ4v) is 2.96. The van der Waals surface area contributed by atoms with Crippen molar-refractivity contribution in [3.8, 4) is 11.5 Å². The van der Waals surface area contributed by atoms with E-state index < -0.39 is 5.97 Å². The van der Waals surface area contributed by atoms with Crippen LogP contribution in [0.3, 0.4) is 0 Å². The lowest BCUT2D eigenvalue weighted by atomic mass is 10.0. The van der Waals surface area contributed by atoms with Gasteiger partial charge in [-0.15, -0.1) is 6.58 Å². The molecule has 0 atom stereocenters. The maximum absolute atomic E-state index is 12.5. The third kappa shape index (κ3) is 5.48. The number of carbonyl (C=O) groups excluding carboxylic acids is 1. The second kappa shape index (κ2) is 9.60. The molecule has 3 rings (SSSR count). The summed E-state index contributed by atoms with van der Waals surface area (Å²) in [6.07, 6.45) is 7.14. The lowest BCUT2D eigenvalue weighted by Crippen LogP contribution is -2.11. The number of methoxy groups -OCH3 is 1. The number of carbonyl (C=O) groups is 1. The molecule has 0 bridgehead atoms. The van der Waals surface area contributed by atoms with Crippen molar-refractivity contribution in [2.75, 3.05) is 7.11 Å². The van der Waals surface area contributed by atoms with Gasteiger partial charge in [0.15, 0.2) is 0 Å².